The smallest absolute Gasteiger partial charge is 0.238 e. The average Bonchev–Trinajstić information content (AvgIpc) is 2.40. The molecule has 4 nitrogen and oxygen atoms in total. The van der Waals surface area contributed by atoms with Crippen molar-refractivity contribution in [2.45, 2.75) is 33.2 Å². The third-order valence-corrected chi connectivity index (χ3v) is 2.77. The first kappa shape index (κ1) is 10.9. The molecule has 1 unspecified atom stereocenters. The van der Waals surface area contributed by atoms with E-state index in [1.54, 1.807) is 0 Å². The number of Topliss-reactive ketones (excluding diaryl/α,β-unsaturated/α-hetero) is 2. The van der Waals surface area contributed by atoms with E-state index in [1.165, 1.54) is 6.92 Å². The molecule has 0 aromatic carbocycles. The molecule has 1 heterocycles. The Kier molecular flexibility index (Phi) is 3.03. The standard InChI is InChI=1S/C10H15NO3/c1-4-5(2)8-9(13)7(6(3)12)10(14)11-8/h5,7-8H,4H2,1-3H3,(H,11,14)/t5?,7-,8-/m0/s1. The summed E-state index contributed by atoms with van der Waals surface area (Å²) in [6.45, 7) is 5.12. The highest BCUT2D eigenvalue weighted by molar-refractivity contribution is 6.23. The fourth-order valence-corrected chi connectivity index (χ4v) is 1.66. The summed E-state index contributed by atoms with van der Waals surface area (Å²) in [6.07, 6.45) is 0.807. The van der Waals surface area contributed by atoms with Gasteiger partial charge in [0, 0.05) is 0 Å². The van der Waals surface area contributed by atoms with Crippen LogP contribution >= 0.6 is 0 Å². The number of carbonyl (C=O) groups is 3. The van der Waals surface area contributed by atoms with E-state index in [9.17, 15) is 14.4 Å². The normalized spacial score (nSPS) is 28.8. The molecule has 0 aliphatic carbocycles. The molecule has 3 atom stereocenters. The van der Waals surface area contributed by atoms with Gasteiger partial charge in [0.1, 0.15) is 5.78 Å². The Morgan fingerprint density at radius 2 is 2.07 bits per heavy atom. The van der Waals surface area contributed by atoms with Crippen molar-refractivity contribution in [1.29, 1.82) is 0 Å². The summed E-state index contributed by atoms with van der Waals surface area (Å²) in [7, 11) is 0. The molecule has 1 rings (SSSR count). The van der Waals surface area contributed by atoms with Gasteiger partial charge in [-0.15, -0.1) is 0 Å². The van der Waals surface area contributed by atoms with E-state index in [2.05, 4.69) is 5.32 Å². The zero-order chi connectivity index (χ0) is 10.9. The van der Waals surface area contributed by atoms with Crippen molar-refractivity contribution < 1.29 is 14.4 Å². The average molecular weight is 197 g/mol. The maximum absolute atomic E-state index is 11.7. The van der Waals surface area contributed by atoms with Crippen molar-refractivity contribution in [1.82, 2.24) is 5.32 Å². The lowest BCUT2D eigenvalue weighted by molar-refractivity contribution is -0.135. The molecule has 0 spiro atoms. The highest BCUT2D eigenvalue weighted by atomic mass is 16.2. The second-order valence-corrected chi connectivity index (χ2v) is 3.82. The van der Waals surface area contributed by atoms with Crippen LogP contribution in [0.4, 0.5) is 0 Å². The predicted molar refractivity (Wildman–Crippen MR) is 50.6 cm³/mol. The van der Waals surface area contributed by atoms with Crippen LogP contribution in [0.15, 0.2) is 0 Å². The quantitative estimate of drug-likeness (QED) is 0.662. The molecule has 0 saturated carbocycles. The molecular weight excluding hydrogens is 182 g/mol. The zero-order valence-corrected chi connectivity index (χ0v) is 8.66. The Morgan fingerprint density at radius 1 is 1.50 bits per heavy atom. The molecule has 4 heteroatoms. The van der Waals surface area contributed by atoms with Crippen LogP contribution in [0.2, 0.25) is 0 Å². The summed E-state index contributed by atoms with van der Waals surface area (Å²) >= 11 is 0. The minimum atomic E-state index is -1.06. The number of nitrogens with one attached hydrogen (secondary N) is 1. The van der Waals surface area contributed by atoms with Crippen molar-refractivity contribution >= 4 is 17.5 Å². The van der Waals surface area contributed by atoms with E-state index in [0.717, 1.165) is 6.42 Å². The maximum Gasteiger partial charge on any atom is 0.238 e. The largest absolute Gasteiger partial charge is 0.345 e. The Labute approximate surface area is 83.1 Å². The molecule has 1 saturated heterocycles. The SMILES string of the molecule is CCC(C)[C@@H]1NC(=O)[C@@H](C(C)=O)C1=O. The lowest BCUT2D eigenvalue weighted by Crippen LogP contribution is -2.35. The van der Waals surface area contributed by atoms with Crippen molar-refractivity contribution in [3.05, 3.63) is 0 Å². The first-order chi connectivity index (χ1) is 6.49. The fraction of sp³-hybridized carbons (Fsp3) is 0.700. The van der Waals surface area contributed by atoms with Gasteiger partial charge in [0.15, 0.2) is 11.7 Å². The third kappa shape index (κ3) is 1.69. The number of carbonyl (C=O) groups excluding carboxylic acids is 3. The molecule has 1 amide bonds. The number of ketones is 2. The lowest BCUT2D eigenvalue weighted by atomic mass is 9.91. The first-order valence-electron chi connectivity index (χ1n) is 4.83. The first-order valence-corrected chi connectivity index (χ1v) is 4.83. The summed E-state index contributed by atoms with van der Waals surface area (Å²) in [5.74, 6) is -2.03. The Balaban J connectivity index is 2.84. The van der Waals surface area contributed by atoms with Gasteiger partial charge in [-0.2, -0.15) is 0 Å². The highest BCUT2D eigenvalue weighted by Crippen LogP contribution is 2.20. The molecule has 1 N–H and O–H groups in total. The van der Waals surface area contributed by atoms with E-state index in [4.69, 9.17) is 0 Å². The molecular formula is C10H15NO3. The van der Waals surface area contributed by atoms with Gasteiger partial charge in [-0.05, 0) is 12.8 Å². The topological polar surface area (TPSA) is 63.2 Å². The third-order valence-electron chi connectivity index (χ3n) is 2.77. The minimum Gasteiger partial charge on any atom is -0.345 e. The van der Waals surface area contributed by atoms with Crippen LogP contribution in [-0.4, -0.2) is 23.5 Å². The molecule has 1 aliphatic rings. The van der Waals surface area contributed by atoms with Crippen LogP contribution in [-0.2, 0) is 14.4 Å². The van der Waals surface area contributed by atoms with Gasteiger partial charge >= 0.3 is 0 Å². The van der Waals surface area contributed by atoms with Crippen LogP contribution in [0.25, 0.3) is 0 Å². The van der Waals surface area contributed by atoms with Gasteiger partial charge < -0.3 is 5.32 Å². The van der Waals surface area contributed by atoms with Crippen molar-refractivity contribution in [2.75, 3.05) is 0 Å². The van der Waals surface area contributed by atoms with E-state index < -0.39 is 17.9 Å². The van der Waals surface area contributed by atoms with Gasteiger partial charge in [-0.3, -0.25) is 14.4 Å². The molecule has 1 fully saturated rings. The minimum absolute atomic E-state index is 0.0933. The number of rotatable bonds is 3. The lowest BCUT2D eigenvalue weighted by Gasteiger charge is -2.15. The summed E-state index contributed by atoms with van der Waals surface area (Å²) in [5, 5.41) is 2.58. The fourth-order valence-electron chi connectivity index (χ4n) is 1.66. The molecule has 0 aromatic heterocycles. The summed E-state index contributed by atoms with van der Waals surface area (Å²) in [4.78, 5) is 34.0. The van der Waals surface area contributed by atoms with Crippen LogP contribution in [0.1, 0.15) is 27.2 Å². The second-order valence-electron chi connectivity index (χ2n) is 3.82. The van der Waals surface area contributed by atoms with Gasteiger partial charge in [-0.25, -0.2) is 0 Å². The Morgan fingerprint density at radius 3 is 2.43 bits per heavy atom. The van der Waals surface area contributed by atoms with Crippen LogP contribution in [0.3, 0.4) is 0 Å². The summed E-state index contributed by atoms with van der Waals surface area (Å²) < 4.78 is 0. The number of hydrogen-bond acceptors (Lipinski definition) is 3. The second kappa shape index (κ2) is 3.90. The number of hydrogen-bond donors (Lipinski definition) is 1. The van der Waals surface area contributed by atoms with Crippen molar-refractivity contribution in [3.63, 3.8) is 0 Å². The van der Waals surface area contributed by atoms with E-state index in [0.29, 0.717) is 0 Å². The van der Waals surface area contributed by atoms with Gasteiger partial charge in [0.05, 0.1) is 6.04 Å². The maximum atomic E-state index is 11.7. The zero-order valence-electron chi connectivity index (χ0n) is 8.66. The summed E-state index contributed by atoms with van der Waals surface area (Å²) in [6, 6.07) is -0.471. The molecule has 1 aliphatic heterocycles. The Bertz CT molecular complexity index is 285. The van der Waals surface area contributed by atoms with Crippen molar-refractivity contribution in [3.8, 4) is 0 Å². The van der Waals surface area contributed by atoms with Crippen LogP contribution < -0.4 is 5.32 Å². The monoisotopic (exact) mass is 197 g/mol. The van der Waals surface area contributed by atoms with Crippen LogP contribution in [0.5, 0.6) is 0 Å². The van der Waals surface area contributed by atoms with Gasteiger partial charge in [-0.1, -0.05) is 20.3 Å². The molecule has 0 radical (unpaired) electrons. The van der Waals surface area contributed by atoms with Crippen molar-refractivity contribution in [2.24, 2.45) is 11.8 Å². The van der Waals surface area contributed by atoms with E-state index in [1.807, 2.05) is 13.8 Å². The van der Waals surface area contributed by atoms with Gasteiger partial charge in [0.25, 0.3) is 0 Å². The molecule has 0 bridgehead atoms. The predicted octanol–water partition coefficient (Wildman–Crippen LogP) is 0.305. The highest BCUT2D eigenvalue weighted by Gasteiger charge is 2.45. The summed E-state index contributed by atoms with van der Waals surface area (Å²) in [5.41, 5.74) is 0. The molecule has 78 valence electrons. The molecule has 14 heavy (non-hydrogen) atoms. The molecule has 0 aromatic rings. The van der Waals surface area contributed by atoms with Crippen LogP contribution in [0, 0.1) is 11.8 Å². The van der Waals surface area contributed by atoms with E-state index >= 15 is 0 Å². The van der Waals surface area contributed by atoms with E-state index in [-0.39, 0.29) is 17.5 Å². The number of amides is 1. The Hall–Kier alpha value is -1.19. The van der Waals surface area contributed by atoms with Gasteiger partial charge in [0.2, 0.25) is 5.91 Å².